The van der Waals surface area contributed by atoms with Crippen molar-refractivity contribution in [2.45, 2.75) is 13.0 Å². The fourth-order valence-corrected chi connectivity index (χ4v) is 2.32. The lowest BCUT2D eigenvalue weighted by molar-refractivity contribution is 0.523. The van der Waals surface area contributed by atoms with Crippen LogP contribution in [0.2, 0.25) is 5.02 Å². The number of halogens is 2. The highest BCUT2D eigenvalue weighted by molar-refractivity contribution is 6.30. The monoisotopic (exact) mass is 289 g/mol. The molecule has 0 bridgehead atoms. The molecule has 1 heterocycles. The first-order chi connectivity index (χ1) is 9.54. The van der Waals surface area contributed by atoms with Crippen molar-refractivity contribution < 1.29 is 8.81 Å². The second-order valence-electron chi connectivity index (χ2n) is 4.84. The molecule has 1 aromatic heterocycles. The van der Waals surface area contributed by atoms with Gasteiger partial charge in [0, 0.05) is 5.39 Å². The van der Waals surface area contributed by atoms with Crippen LogP contribution >= 0.6 is 11.6 Å². The van der Waals surface area contributed by atoms with Crippen LogP contribution in [0, 0.1) is 12.7 Å². The molecule has 0 aliphatic heterocycles. The number of hydrogen-bond donors (Lipinski definition) is 1. The Bertz CT molecular complexity index is 781. The minimum Gasteiger partial charge on any atom is -0.459 e. The number of nitrogens with two attached hydrogens (primary N) is 1. The largest absolute Gasteiger partial charge is 0.459 e. The van der Waals surface area contributed by atoms with E-state index < -0.39 is 11.9 Å². The van der Waals surface area contributed by atoms with Gasteiger partial charge in [-0.05, 0) is 42.8 Å². The molecule has 0 amide bonds. The SMILES string of the molecule is Cc1ccc2oc(C(N)c3ccc(Cl)c(F)c3)cc2c1. The van der Waals surface area contributed by atoms with Crippen LogP contribution in [-0.2, 0) is 0 Å². The highest BCUT2D eigenvalue weighted by Gasteiger charge is 2.15. The summed E-state index contributed by atoms with van der Waals surface area (Å²) in [4.78, 5) is 0. The van der Waals surface area contributed by atoms with Crippen molar-refractivity contribution in [3.8, 4) is 0 Å². The Hall–Kier alpha value is -1.84. The molecule has 2 nitrogen and oxygen atoms in total. The fourth-order valence-electron chi connectivity index (χ4n) is 2.21. The third kappa shape index (κ3) is 2.30. The Kier molecular flexibility index (Phi) is 3.24. The molecule has 0 fully saturated rings. The molecule has 0 spiro atoms. The topological polar surface area (TPSA) is 39.2 Å². The molecule has 3 rings (SSSR count). The van der Waals surface area contributed by atoms with Gasteiger partial charge in [0.05, 0.1) is 11.1 Å². The van der Waals surface area contributed by atoms with Crippen LogP contribution in [0.5, 0.6) is 0 Å². The van der Waals surface area contributed by atoms with Crippen molar-refractivity contribution in [2.24, 2.45) is 5.73 Å². The maximum absolute atomic E-state index is 13.5. The zero-order valence-electron chi connectivity index (χ0n) is 10.9. The number of fused-ring (bicyclic) bond motifs is 1. The molecule has 0 aliphatic carbocycles. The van der Waals surface area contributed by atoms with E-state index in [4.69, 9.17) is 21.8 Å². The standard InChI is InChI=1S/C16H13ClFNO/c1-9-2-5-14-11(6-9)8-15(20-14)16(19)10-3-4-12(17)13(18)7-10/h2-8,16H,19H2,1H3. The number of hydrogen-bond acceptors (Lipinski definition) is 2. The summed E-state index contributed by atoms with van der Waals surface area (Å²) in [5.41, 5.74) is 8.68. The second-order valence-corrected chi connectivity index (χ2v) is 5.25. The van der Waals surface area contributed by atoms with E-state index in [1.165, 1.54) is 12.1 Å². The molecule has 2 N–H and O–H groups in total. The van der Waals surface area contributed by atoms with Gasteiger partial charge in [-0.2, -0.15) is 0 Å². The van der Waals surface area contributed by atoms with Crippen LogP contribution in [0.15, 0.2) is 46.9 Å². The van der Waals surface area contributed by atoms with Gasteiger partial charge in [0.15, 0.2) is 0 Å². The van der Waals surface area contributed by atoms with E-state index in [0.717, 1.165) is 16.5 Å². The zero-order chi connectivity index (χ0) is 14.3. The molecule has 4 heteroatoms. The lowest BCUT2D eigenvalue weighted by atomic mass is 10.0. The van der Waals surface area contributed by atoms with Crippen LogP contribution in [-0.4, -0.2) is 0 Å². The maximum Gasteiger partial charge on any atom is 0.142 e. The number of benzene rings is 2. The molecule has 1 unspecified atom stereocenters. The molecule has 0 radical (unpaired) electrons. The van der Waals surface area contributed by atoms with Gasteiger partial charge >= 0.3 is 0 Å². The average molecular weight is 290 g/mol. The van der Waals surface area contributed by atoms with E-state index in [0.29, 0.717) is 11.3 Å². The Balaban J connectivity index is 2.02. The third-order valence-corrected chi connectivity index (χ3v) is 3.61. The lowest BCUT2D eigenvalue weighted by Crippen LogP contribution is -2.11. The fraction of sp³-hybridized carbons (Fsp3) is 0.125. The van der Waals surface area contributed by atoms with Crippen LogP contribution in [0.25, 0.3) is 11.0 Å². The minimum atomic E-state index is -0.519. The van der Waals surface area contributed by atoms with Crippen molar-refractivity contribution in [3.05, 3.63) is 70.2 Å². The Morgan fingerprint density at radius 2 is 1.95 bits per heavy atom. The van der Waals surface area contributed by atoms with E-state index in [-0.39, 0.29) is 5.02 Å². The maximum atomic E-state index is 13.5. The van der Waals surface area contributed by atoms with Crippen molar-refractivity contribution in [2.75, 3.05) is 0 Å². The molecule has 0 saturated carbocycles. The van der Waals surface area contributed by atoms with Crippen LogP contribution < -0.4 is 5.73 Å². The van der Waals surface area contributed by atoms with Gasteiger partial charge in [-0.3, -0.25) is 0 Å². The summed E-state index contributed by atoms with van der Waals surface area (Å²) < 4.78 is 19.2. The smallest absolute Gasteiger partial charge is 0.142 e. The van der Waals surface area contributed by atoms with Gasteiger partial charge in [-0.1, -0.05) is 29.3 Å². The quantitative estimate of drug-likeness (QED) is 0.750. The molecular weight excluding hydrogens is 277 g/mol. The molecule has 20 heavy (non-hydrogen) atoms. The number of rotatable bonds is 2. The summed E-state index contributed by atoms with van der Waals surface area (Å²) >= 11 is 5.67. The molecule has 2 aromatic carbocycles. The van der Waals surface area contributed by atoms with Crippen molar-refractivity contribution in [1.82, 2.24) is 0 Å². The summed E-state index contributed by atoms with van der Waals surface area (Å²) in [5.74, 6) is 0.124. The van der Waals surface area contributed by atoms with Gasteiger partial charge < -0.3 is 10.2 Å². The molecule has 102 valence electrons. The Morgan fingerprint density at radius 1 is 1.15 bits per heavy atom. The predicted octanol–water partition coefficient (Wildman–Crippen LogP) is 4.58. The van der Waals surface area contributed by atoms with Gasteiger partial charge in [-0.25, -0.2) is 4.39 Å². The summed E-state index contributed by atoms with van der Waals surface area (Å²) in [6.45, 7) is 2.01. The van der Waals surface area contributed by atoms with Crippen molar-refractivity contribution in [1.29, 1.82) is 0 Å². The summed E-state index contributed by atoms with van der Waals surface area (Å²) in [6.07, 6.45) is 0. The number of furan rings is 1. The molecule has 0 aliphatic rings. The third-order valence-electron chi connectivity index (χ3n) is 3.30. The highest BCUT2D eigenvalue weighted by Crippen LogP contribution is 2.28. The van der Waals surface area contributed by atoms with Crippen molar-refractivity contribution >= 4 is 22.6 Å². The van der Waals surface area contributed by atoms with E-state index in [1.807, 2.05) is 31.2 Å². The van der Waals surface area contributed by atoms with Crippen LogP contribution in [0.3, 0.4) is 0 Å². The zero-order valence-corrected chi connectivity index (χ0v) is 11.6. The molecule has 3 aromatic rings. The molecule has 1 atom stereocenters. The second kappa shape index (κ2) is 4.93. The molecular formula is C16H13ClFNO. The van der Waals surface area contributed by atoms with Crippen LogP contribution in [0.1, 0.15) is 22.9 Å². The summed E-state index contributed by atoms with van der Waals surface area (Å²) in [7, 11) is 0. The van der Waals surface area contributed by atoms with E-state index in [2.05, 4.69) is 0 Å². The van der Waals surface area contributed by atoms with E-state index in [1.54, 1.807) is 6.07 Å². The number of aryl methyl sites for hydroxylation is 1. The normalized spacial score (nSPS) is 12.8. The minimum absolute atomic E-state index is 0.0844. The molecule has 0 saturated heterocycles. The van der Waals surface area contributed by atoms with Gasteiger partial charge in [0.25, 0.3) is 0 Å². The van der Waals surface area contributed by atoms with Gasteiger partial charge in [-0.15, -0.1) is 0 Å². The van der Waals surface area contributed by atoms with Gasteiger partial charge in [0.2, 0.25) is 0 Å². The Morgan fingerprint density at radius 3 is 2.70 bits per heavy atom. The predicted molar refractivity (Wildman–Crippen MR) is 78.4 cm³/mol. The first kappa shape index (κ1) is 13.2. The average Bonchev–Trinajstić information content (AvgIpc) is 2.84. The highest BCUT2D eigenvalue weighted by atomic mass is 35.5. The van der Waals surface area contributed by atoms with Gasteiger partial charge in [0.1, 0.15) is 17.2 Å². The first-order valence-electron chi connectivity index (χ1n) is 6.25. The van der Waals surface area contributed by atoms with Crippen LogP contribution in [0.4, 0.5) is 4.39 Å². The van der Waals surface area contributed by atoms with Crippen molar-refractivity contribution in [3.63, 3.8) is 0 Å². The lowest BCUT2D eigenvalue weighted by Gasteiger charge is -2.09. The summed E-state index contributed by atoms with van der Waals surface area (Å²) in [5, 5.41) is 1.08. The van der Waals surface area contributed by atoms with E-state index >= 15 is 0 Å². The Labute approximate surface area is 121 Å². The first-order valence-corrected chi connectivity index (χ1v) is 6.63. The summed E-state index contributed by atoms with van der Waals surface area (Å²) in [6, 6.07) is 11.8. The van der Waals surface area contributed by atoms with E-state index in [9.17, 15) is 4.39 Å².